The average molecular weight is 355 g/mol. The van der Waals surface area contributed by atoms with E-state index in [9.17, 15) is 14.4 Å². The summed E-state index contributed by atoms with van der Waals surface area (Å²) >= 11 is 6.02. The van der Waals surface area contributed by atoms with Crippen LogP contribution in [0.2, 0.25) is 5.02 Å². The van der Waals surface area contributed by atoms with Crippen molar-refractivity contribution in [3.05, 3.63) is 28.8 Å². The second kappa shape index (κ2) is 9.93. The largest absolute Gasteiger partial charge is 0.465 e. The second-order valence-electron chi connectivity index (χ2n) is 5.29. The van der Waals surface area contributed by atoms with Crippen molar-refractivity contribution in [2.45, 2.75) is 33.1 Å². The molecule has 1 aromatic carbocycles. The number of halogens is 1. The van der Waals surface area contributed by atoms with Crippen molar-refractivity contribution in [2.75, 3.05) is 25.5 Å². The van der Waals surface area contributed by atoms with Crippen LogP contribution in [-0.2, 0) is 14.3 Å². The van der Waals surface area contributed by atoms with E-state index < -0.39 is 11.9 Å². The van der Waals surface area contributed by atoms with Gasteiger partial charge in [0.1, 0.15) is 6.42 Å². The Morgan fingerprint density at radius 1 is 1.17 bits per heavy atom. The predicted octanol–water partition coefficient (Wildman–Crippen LogP) is 3.10. The molecule has 132 valence electrons. The van der Waals surface area contributed by atoms with Crippen LogP contribution in [0.3, 0.4) is 0 Å². The fraction of sp³-hybridized carbons (Fsp3) is 0.471. The number of anilines is 1. The fourth-order valence-corrected chi connectivity index (χ4v) is 2.38. The van der Waals surface area contributed by atoms with Gasteiger partial charge in [-0.2, -0.15) is 0 Å². The monoisotopic (exact) mass is 354 g/mol. The second-order valence-corrected chi connectivity index (χ2v) is 5.70. The zero-order valence-corrected chi connectivity index (χ0v) is 15.0. The number of esters is 1. The van der Waals surface area contributed by atoms with E-state index in [-0.39, 0.29) is 28.6 Å². The Labute approximate surface area is 147 Å². The number of methoxy groups -OCH3 is 1. The first-order chi connectivity index (χ1) is 11.4. The third-order valence-electron chi connectivity index (χ3n) is 3.31. The van der Waals surface area contributed by atoms with Crippen molar-refractivity contribution in [1.82, 2.24) is 4.90 Å². The summed E-state index contributed by atoms with van der Waals surface area (Å²) in [6.07, 6.45) is 1.40. The lowest BCUT2D eigenvalue weighted by atomic mass is 10.2. The molecule has 0 aliphatic carbocycles. The molecule has 0 heterocycles. The first kappa shape index (κ1) is 20.0. The van der Waals surface area contributed by atoms with Gasteiger partial charge in [0.15, 0.2) is 0 Å². The number of nitrogens with zero attached hydrogens (tertiary/aromatic N) is 1. The summed E-state index contributed by atoms with van der Waals surface area (Å²) in [5, 5.41) is 2.85. The molecule has 0 radical (unpaired) electrons. The molecule has 0 bridgehead atoms. The molecule has 0 atom stereocenters. The van der Waals surface area contributed by atoms with Crippen LogP contribution >= 0.6 is 11.6 Å². The van der Waals surface area contributed by atoms with Gasteiger partial charge in [-0.05, 0) is 31.0 Å². The highest BCUT2D eigenvalue weighted by Gasteiger charge is 2.17. The Bertz CT molecular complexity index is 598. The minimum atomic E-state index is -0.532. The molecule has 0 aromatic heterocycles. The van der Waals surface area contributed by atoms with E-state index in [4.69, 9.17) is 11.6 Å². The normalized spacial score (nSPS) is 10.2. The van der Waals surface area contributed by atoms with Gasteiger partial charge in [0.25, 0.3) is 0 Å². The molecule has 1 aromatic rings. The summed E-state index contributed by atoms with van der Waals surface area (Å²) in [7, 11) is 1.27. The molecular weight excluding hydrogens is 332 g/mol. The van der Waals surface area contributed by atoms with Gasteiger partial charge >= 0.3 is 5.97 Å². The minimum absolute atomic E-state index is 0.226. The molecule has 1 rings (SSSR count). The summed E-state index contributed by atoms with van der Waals surface area (Å²) in [5.74, 6) is -1.23. The lowest BCUT2D eigenvalue weighted by molar-refractivity contribution is -0.134. The van der Waals surface area contributed by atoms with E-state index in [1.807, 2.05) is 13.8 Å². The molecule has 1 N–H and O–H groups in total. The number of carbonyl (C=O) groups excluding carboxylic acids is 3. The first-order valence-corrected chi connectivity index (χ1v) is 8.26. The Balaban J connectivity index is 2.77. The van der Waals surface area contributed by atoms with Crippen molar-refractivity contribution in [3.8, 4) is 0 Å². The first-order valence-electron chi connectivity index (χ1n) is 7.88. The number of hydrogen-bond donors (Lipinski definition) is 1. The average Bonchev–Trinajstić information content (AvgIpc) is 2.55. The summed E-state index contributed by atoms with van der Waals surface area (Å²) in [6.45, 7) is 5.21. The van der Waals surface area contributed by atoms with Gasteiger partial charge in [0.2, 0.25) is 11.8 Å². The molecule has 2 amide bonds. The zero-order chi connectivity index (χ0) is 18.1. The van der Waals surface area contributed by atoms with Gasteiger partial charge in [-0.25, -0.2) is 4.79 Å². The molecule has 0 aliphatic rings. The lowest BCUT2D eigenvalue weighted by Crippen LogP contribution is -2.35. The molecule has 0 unspecified atom stereocenters. The van der Waals surface area contributed by atoms with Crippen molar-refractivity contribution >= 4 is 35.1 Å². The van der Waals surface area contributed by atoms with Gasteiger partial charge in [-0.1, -0.05) is 25.4 Å². The van der Waals surface area contributed by atoms with E-state index >= 15 is 0 Å². The maximum Gasteiger partial charge on any atom is 0.337 e. The van der Waals surface area contributed by atoms with Gasteiger partial charge < -0.3 is 15.0 Å². The topological polar surface area (TPSA) is 75.7 Å². The standard InChI is InChI=1S/C17H23ClN2O4/c1-4-8-20(9-5-2)16(22)11-15(21)19-14-10-12(17(23)24-3)6-7-13(14)18/h6-7,10H,4-5,8-9,11H2,1-3H3,(H,19,21). The molecule has 7 heteroatoms. The van der Waals surface area contributed by atoms with Crippen LogP contribution in [-0.4, -0.2) is 42.9 Å². The molecule has 0 saturated carbocycles. The SMILES string of the molecule is CCCN(CCC)C(=O)CC(=O)Nc1cc(C(=O)OC)ccc1Cl. The number of nitrogens with one attached hydrogen (secondary N) is 1. The Morgan fingerprint density at radius 2 is 1.79 bits per heavy atom. The number of amides is 2. The van der Waals surface area contributed by atoms with Crippen molar-refractivity contribution < 1.29 is 19.1 Å². The van der Waals surface area contributed by atoms with E-state index in [0.717, 1.165) is 12.8 Å². The molecular formula is C17H23ClN2O4. The highest BCUT2D eigenvalue weighted by atomic mass is 35.5. The highest BCUT2D eigenvalue weighted by Crippen LogP contribution is 2.23. The quantitative estimate of drug-likeness (QED) is 0.575. The fourth-order valence-electron chi connectivity index (χ4n) is 2.21. The maximum absolute atomic E-state index is 12.2. The summed E-state index contributed by atoms with van der Waals surface area (Å²) in [6, 6.07) is 4.41. The van der Waals surface area contributed by atoms with Gasteiger partial charge in [0.05, 0.1) is 23.4 Å². The number of carbonyl (C=O) groups is 3. The van der Waals surface area contributed by atoms with Crippen LogP contribution < -0.4 is 5.32 Å². The van der Waals surface area contributed by atoms with Crippen LogP contribution in [0.4, 0.5) is 5.69 Å². The third kappa shape index (κ3) is 5.85. The lowest BCUT2D eigenvalue weighted by Gasteiger charge is -2.21. The van der Waals surface area contributed by atoms with Gasteiger partial charge in [-0.15, -0.1) is 0 Å². The Kier molecular flexibility index (Phi) is 8.26. The van der Waals surface area contributed by atoms with E-state index in [0.29, 0.717) is 13.1 Å². The summed E-state index contributed by atoms with van der Waals surface area (Å²) in [5.41, 5.74) is 0.539. The molecule has 6 nitrogen and oxygen atoms in total. The predicted molar refractivity (Wildman–Crippen MR) is 93.2 cm³/mol. The van der Waals surface area contributed by atoms with Crippen LogP contribution in [0.15, 0.2) is 18.2 Å². The van der Waals surface area contributed by atoms with Crippen LogP contribution in [0, 0.1) is 0 Å². The summed E-state index contributed by atoms with van der Waals surface area (Å²) in [4.78, 5) is 37.5. The highest BCUT2D eigenvalue weighted by molar-refractivity contribution is 6.34. The Hall–Kier alpha value is -2.08. The number of hydrogen-bond acceptors (Lipinski definition) is 4. The zero-order valence-electron chi connectivity index (χ0n) is 14.2. The smallest absolute Gasteiger partial charge is 0.337 e. The van der Waals surface area contributed by atoms with E-state index in [1.165, 1.54) is 25.3 Å². The molecule has 0 fully saturated rings. The maximum atomic E-state index is 12.2. The third-order valence-corrected chi connectivity index (χ3v) is 3.64. The van der Waals surface area contributed by atoms with Gasteiger partial charge in [-0.3, -0.25) is 9.59 Å². The van der Waals surface area contributed by atoms with Crippen molar-refractivity contribution in [2.24, 2.45) is 0 Å². The minimum Gasteiger partial charge on any atom is -0.465 e. The van der Waals surface area contributed by atoms with Crippen LogP contribution in [0.5, 0.6) is 0 Å². The Morgan fingerprint density at radius 3 is 2.33 bits per heavy atom. The van der Waals surface area contributed by atoms with Crippen molar-refractivity contribution in [3.63, 3.8) is 0 Å². The van der Waals surface area contributed by atoms with Crippen molar-refractivity contribution in [1.29, 1.82) is 0 Å². The van der Waals surface area contributed by atoms with Gasteiger partial charge in [0, 0.05) is 13.1 Å². The molecule has 24 heavy (non-hydrogen) atoms. The number of rotatable bonds is 8. The number of benzene rings is 1. The molecule has 0 spiro atoms. The molecule has 0 saturated heterocycles. The number of ether oxygens (including phenoxy) is 1. The van der Waals surface area contributed by atoms with E-state index in [2.05, 4.69) is 10.1 Å². The van der Waals surface area contributed by atoms with E-state index in [1.54, 1.807) is 4.90 Å². The summed E-state index contributed by atoms with van der Waals surface area (Å²) < 4.78 is 4.63. The van der Waals surface area contributed by atoms with Crippen LogP contribution in [0.1, 0.15) is 43.5 Å². The van der Waals surface area contributed by atoms with Crippen LogP contribution in [0.25, 0.3) is 0 Å². The molecule has 0 aliphatic heterocycles.